The minimum absolute atomic E-state index is 0.193. The van der Waals surface area contributed by atoms with Crippen LogP contribution in [0.1, 0.15) is 37.8 Å². The number of hydrogen-bond donors (Lipinski definition) is 3. The summed E-state index contributed by atoms with van der Waals surface area (Å²) in [7, 11) is 7.46. The number of halogens is 1. The Morgan fingerprint density at radius 2 is 1.47 bits per heavy atom. The van der Waals surface area contributed by atoms with E-state index in [2.05, 4.69) is 43.4 Å². The molecule has 0 saturated heterocycles. The first kappa shape index (κ1) is 25.5. The number of benzene rings is 1. The maximum Gasteiger partial charge on any atom is 0.272 e. The maximum absolute atomic E-state index is 12.9. The van der Waals surface area contributed by atoms with E-state index >= 15 is 0 Å². The highest BCUT2D eigenvalue weighted by Crippen LogP contribution is 2.18. The van der Waals surface area contributed by atoms with Gasteiger partial charge in [0.1, 0.15) is 11.4 Å². The molecule has 9 nitrogen and oxygen atoms in total. The van der Waals surface area contributed by atoms with E-state index in [0.29, 0.717) is 34.9 Å². The molecule has 0 aliphatic heterocycles. The van der Waals surface area contributed by atoms with Gasteiger partial charge in [-0.2, -0.15) is 0 Å². The van der Waals surface area contributed by atoms with Crippen LogP contribution in [0.5, 0.6) is 0 Å². The number of nitrogens with zero attached hydrogens (tertiary/aromatic N) is 3. The smallest absolute Gasteiger partial charge is 0.272 e. The van der Waals surface area contributed by atoms with Gasteiger partial charge in [-0.15, -0.1) is 0 Å². The van der Waals surface area contributed by atoms with E-state index < -0.39 is 0 Å². The summed E-state index contributed by atoms with van der Waals surface area (Å²) in [6, 6.07) is 10.5. The van der Waals surface area contributed by atoms with Gasteiger partial charge in [-0.25, -0.2) is 0 Å². The van der Waals surface area contributed by atoms with E-state index in [1.807, 2.05) is 26.2 Å². The third kappa shape index (κ3) is 6.70. The molecular weight excluding hydrogens is 547 g/mol. The van der Waals surface area contributed by atoms with Crippen molar-refractivity contribution in [1.29, 1.82) is 0 Å². The molecule has 2 heterocycles. The van der Waals surface area contributed by atoms with Gasteiger partial charge in [0, 0.05) is 42.2 Å². The molecule has 3 N–H and O–H groups in total. The summed E-state index contributed by atoms with van der Waals surface area (Å²) in [5.74, 6) is -0.789. The Morgan fingerprint density at radius 3 is 2.06 bits per heavy atom. The Kier molecular flexibility index (Phi) is 8.51. The third-order valence-corrected chi connectivity index (χ3v) is 5.82. The Labute approximate surface area is 212 Å². The van der Waals surface area contributed by atoms with Crippen molar-refractivity contribution in [3.05, 3.63) is 69.3 Å². The molecule has 0 atom stereocenters. The van der Waals surface area contributed by atoms with Crippen LogP contribution in [0.15, 0.2) is 48.8 Å². The van der Waals surface area contributed by atoms with Crippen molar-refractivity contribution in [2.24, 2.45) is 14.1 Å². The lowest BCUT2D eigenvalue weighted by Crippen LogP contribution is -2.28. The summed E-state index contributed by atoms with van der Waals surface area (Å²) in [6.45, 7) is 1.46. The maximum atomic E-state index is 12.9. The Bertz CT molecular complexity index is 1200. The average molecular weight is 576 g/mol. The number of amides is 3. The van der Waals surface area contributed by atoms with E-state index in [1.165, 1.54) is 0 Å². The van der Waals surface area contributed by atoms with Crippen LogP contribution in [0.4, 0.5) is 11.4 Å². The first-order valence-corrected chi connectivity index (χ1v) is 11.9. The number of aromatic nitrogens is 2. The van der Waals surface area contributed by atoms with Crippen LogP contribution >= 0.6 is 22.6 Å². The number of nitrogens with one attached hydrogen (secondary N) is 3. The van der Waals surface area contributed by atoms with Crippen LogP contribution in [-0.2, 0) is 14.1 Å². The van der Waals surface area contributed by atoms with Gasteiger partial charge < -0.3 is 30.0 Å². The van der Waals surface area contributed by atoms with Gasteiger partial charge in [0.05, 0.1) is 11.4 Å². The van der Waals surface area contributed by atoms with Crippen LogP contribution < -0.4 is 16.0 Å². The molecule has 10 heteroatoms. The van der Waals surface area contributed by atoms with Crippen molar-refractivity contribution in [3.8, 4) is 0 Å². The first-order chi connectivity index (χ1) is 16.1. The fourth-order valence-electron chi connectivity index (χ4n) is 3.43. The highest BCUT2D eigenvalue weighted by Gasteiger charge is 2.17. The van der Waals surface area contributed by atoms with Crippen LogP contribution in [-0.4, -0.2) is 58.9 Å². The SMILES string of the molecule is CN(C)CCCNC(=O)c1cc(NC(=O)c2cc(NC(=O)c3cccc(I)c3)cn2C)cn1C. The summed E-state index contributed by atoms with van der Waals surface area (Å²) >= 11 is 2.15. The lowest BCUT2D eigenvalue weighted by Gasteiger charge is -2.10. The second kappa shape index (κ2) is 11.3. The van der Waals surface area contributed by atoms with Gasteiger partial charge in [-0.05, 0) is 80.0 Å². The Balaban J connectivity index is 1.63. The lowest BCUT2D eigenvalue weighted by molar-refractivity contribution is 0.0942. The molecule has 0 unspecified atom stereocenters. The van der Waals surface area contributed by atoms with E-state index in [4.69, 9.17) is 0 Å². The molecule has 0 spiro atoms. The zero-order chi connectivity index (χ0) is 24.8. The molecule has 2 aromatic heterocycles. The summed E-state index contributed by atoms with van der Waals surface area (Å²) < 4.78 is 4.28. The Morgan fingerprint density at radius 1 is 0.882 bits per heavy atom. The van der Waals surface area contributed by atoms with Crippen molar-refractivity contribution in [2.45, 2.75) is 6.42 Å². The summed E-state index contributed by atoms with van der Waals surface area (Å²) in [5.41, 5.74) is 2.39. The van der Waals surface area contributed by atoms with Crippen LogP contribution in [0, 0.1) is 3.57 Å². The largest absolute Gasteiger partial charge is 0.351 e. The minimum Gasteiger partial charge on any atom is -0.351 e. The van der Waals surface area contributed by atoms with E-state index in [1.54, 1.807) is 59.9 Å². The fraction of sp³-hybridized carbons (Fsp3) is 0.292. The molecule has 34 heavy (non-hydrogen) atoms. The quantitative estimate of drug-likeness (QED) is 0.269. The number of rotatable bonds is 9. The second-order valence-corrected chi connectivity index (χ2v) is 9.53. The molecule has 3 amide bonds. The molecule has 0 bridgehead atoms. The third-order valence-electron chi connectivity index (χ3n) is 5.15. The summed E-state index contributed by atoms with van der Waals surface area (Å²) in [6.07, 6.45) is 4.22. The van der Waals surface area contributed by atoms with Crippen molar-refractivity contribution in [1.82, 2.24) is 19.4 Å². The number of carbonyl (C=O) groups excluding carboxylic acids is 3. The van der Waals surface area contributed by atoms with Crippen LogP contribution in [0.3, 0.4) is 0 Å². The standard InChI is InChI=1S/C24H29IN6O3/c1-29(2)10-6-9-26-23(33)20-12-19(15-30(20)3)28-24(34)21-13-18(14-31(21)4)27-22(32)16-7-5-8-17(25)11-16/h5,7-8,11-15H,6,9-10H2,1-4H3,(H,26,33)(H,27,32)(H,28,34). The van der Waals surface area contributed by atoms with Gasteiger partial charge in [0.25, 0.3) is 17.7 Å². The molecule has 0 aliphatic rings. The van der Waals surface area contributed by atoms with Gasteiger partial charge in [0.2, 0.25) is 0 Å². The number of anilines is 2. The van der Waals surface area contributed by atoms with Gasteiger partial charge >= 0.3 is 0 Å². The predicted molar refractivity (Wildman–Crippen MR) is 141 cm³/mol. The zero-order valence-electron chi connectivity index (χ0n) is 19.7. The molecule has 3 aromatic rings. The van der Waals surface area contributed by atoms with E-state index in [9.17, 15) is 14.4 Å². The van der Waals surface area contributed by atoms with E-state index in [-0.39, 0.29) is 17.7 Å². The van der Waals surface area contributed by atoms with Crippen LogP contribution in [0.2, 0.25) is 0 Å². The van der Waals surface area contributed by atoms with Crippen molar-refractivity contribution >= 4 is 51.7 Å². The highest BCUT2D eigenvalue weighted by atomic mass is 127. The number of hydrogen-bond acceptors (Lipinski definition) is 4. The molecular formula is C24H29IN6O3. The molecule has 0 fully saturated rings. The molecule has 0 radical (unpaired) electrons. The van der Waals surface area contributed by atoms with Gasteiger partial charge in [-0.1, -0.05) is 6.07 Å². The van der Waals surface area contributed by atoms with Gasteiger partial charge in [0.15, 0.2) is 0 Å². The molecule has 0 saturated carbocycles. The van der Waals surface area contributed by atoms with Crippen molar-refractivity contribution in [2.75, 3.05) is 37.8 Å². The highest BCUT2D eigenvalue weighted by molar-refractivity contribution is 14.1. The second-order valence-electron chi connectivity index (χ2n) is 8.28. The van der Waals surface area contributed by atoms with Gasteiger partial charge in [-0.3, -0.25) is 14.4 Å². The minimum atomic E-state index is -0.346. The molecule has 180 valence electrons. The fourth-order valence-corrected chi connectivity index (χ4v) is 3.98. The monoisotopic (exact) mass is 576 g/mol. The Hall–Kier alpha value is -3.12. The normalized spacial score (nSPS) is 10.9. The molecule has 3 rings (SSSR count). The summed E-state index contributed by atoms with van der Waals surface area (Å²) in [4.78, 5) is 39.9. The topological polar surface area (TPSA) is 100 Å². The first-order valence-electron chi connectivity index (χ1n) is 10.8. The van der Waals surface area contributed by atoms with Crippen LogP contribution in [0.25, 0.3) is 0 Å². The predicted octanol–water partition coefficient (Wildman–Crippen LogP) is 3.15. The molecule has 1 aromatic carbocycles. The average Bonchev–Trinajstić information content (AvgIpc) is 3.32. The lowest BCUT2D eigenvalue weighted by atomic mass is 10.2. The summed E-state index contributed by atoms with van der Waals surface area (Å²) in [5, 5.41) is 8.54. The molecule has 0 aliphatic carbocycles. The van der Waals surface area contributed by atoms with E-state index in [0.717, 1.165) is 16.5 Å². The zero-order valence-corrected chi connectivity index (χ0v) is 21.8. The number of aryl methyl sites for hydroxylation is 2. The van der Waals surface area contributed by atoms with Crippen molar-refractivity contribution in [3.63, 3.8) is 0 Å². The van der Waals surface area contributed by atoms with Crippen molar-refractivity contribution < 1.29 is 14.4 Å². The number of carbonyl (C=O) groups is 3.